The van der Waals surface area contributed by atoms with Gasteiger partial charge >= 0.3 is 0 Å². The summed E-state index contributed by atoms with van der Waals surface area (Å²) in [6.07, 6.45) is 1.06. The largest absolute Gasteiger partial charge is 0.335 e. The van der Waals surface area contributed by atoms with Gasteiger partial charge in [0, 0.05) is 43.8 Å². The van der Waals surface area contributed by atoms with E-state index in [1.54, 1.807) is 0 Å². The Balaban J connectivity index is 1.41. The van der Waals surface area contributed by atoms with E-state index >= 15 is 0 Å². The molecule has 0 bridgehead atoms. The SMILES string of the molecule is Cc1nc(C)c2c(C)c(C(=O)N3CCN(CCc4ccccc4)CC3)sc2n1. The fraction of sp³-hybridized carbons (Fsp3) is 0.409. The van der Waals surface area contributed by atoms with Crippen LogP contribution in [0.25, 0.3) is 10.2 Å². The third-order valence-electron chi connectivity index (χ3n) is 5.50. The molecule has 3 aromatic rings. The zero-order valence-electron chi connectivity index (χ0n) is 16.7. The van der Waals surface area contributed by atoms with E-state index in [9.17, 15) is 4.79 Å². The standard InChI is InChI=1S/C22H26N4OS/c1-15-19-16(2)23-17(3)24-21(19)28-20(15)22(27)26-13-11-25(12-14-26)10-9-18-7-5-4-6-8-18/h4-8H,9-14H2,1-3H3. The van der Waals surface area contributed by atoms with Gasteiger partial charge in [-0.3, -0.25) is 9.69 Å². The van der Waals surface area contributed by atoms with Crippen LogP contribution >= 0.6 is 11.3 Å². The van der Waals surface area contributed by atoms with Gasteiger partial charge in [-0.05, 0) is 38.3 Å². The number of fused-ring (bicyclic) bond motifs is 1. The smallest absolute Gasteiger partial charge is 0.264 e. The van der Waals surface area contributed by atoms with Crippen molar-refractivity contribution in [3.05, 3.63) is 57.9 Å². The number of amides is 1. The molecule has 28 heavy (non-hydrogen) atoms. The number of hydrogen-bond donors (Lipinski definition) is 0. The summed E-state index contributed by atoms with van der Waals surface area (Å²) in [5.74, 6) is 0.901. The van der Waals surface area contributed by atoms with Gasteiger partial charge in [0.25, 0.3) is 5.91 Å². The molecule has 4 rings (SSSR count). The lowest BCUT2D eigenvalue weighted by atomic mass is 10.1. The molecule has 0 atom stereocenters. The van der Waals surface area contributed by atoms with Gasteiger partial charge in [-0.1, -0.05) is 30.3 Å². The van der Waals surface area contributed by atoms with Crippen molar-refractivity contribution in [2.75, 3.05) is 32.7 Å². The van der Waals surface area contributed by atoms with Crippen LogP contribution < -0.4 is 0 Å². The number of hydrogen-bond acceptors (Lipinski definition) is 5. The van der Waals surface area contributed by atoms with Crippen LogP contribution in [0.3, 0.4) is 0 Å². The number of rotatable bonds is 4. The Morgan fingerprint density at radius 1 is 1.04 bits per heavy atom. The second-order valence-electron chi connectivity index (χ2n) is 7.46. The molecule has 3 heterocycles. The first-order valence-electron chi connectivity index (χ1n) is 9.83. The zero-order chi connectivity index (χ0) is 19.7. The Morgan fingerprint density at radius 3 is 2.46 bits per heavy atom. The molecule has 0 N–H and O–H groups in total. The molecular weight excluding hydrogens is 368 g/mol. The van der Waals surface area contributed by atoms with Crippen molar-refractivity contribution in [1.29, 1.82) is 0 Å². The summed E-state index contributed by atoms with van der Waals surface area (Å²) in [6, 6.07) is 10.6. The molecule has 1 aromatic carbocycles. The lowest BCUT2D eigenvalue weighted by molar-refractivity contribution is 0.0643. The highest BCUT2D eigenvalue weighted by Crippen LogP contribution is 2.32. The second kappa shape index (κ2) is 7.97. The van der Waals surface area contributed by atoms with E-state index in [2.05, 4.69) is 45.2 Å². The molecular formula is C22H26N4OS. The number of piperazine rings is 1. The highest BCUT2D eigenvalue weighted by Gasteiger charge is 2.26. The van der Waals surface area contributed by atoms with Crippen LogP contribution in [0.2, 0.25) is 0 Å². The number of aromatic nitrogens is 2. The summed E-state index contributed by atoms with van der Waals surface area (Å²) in [7, 11) is 0. The summed E-state index contributed by atoms with van der Waals surface area (Å²) in [6.45, 7) is 10.4. The molecule has 1 fully saturated rings. The van der Waals surface area contributed by atoms with Gasteiger partial charge < -0.3 is 4.90 Å². The van der Waals surface area contributed by atoms with E-state index in [0.29, 0.717) is 0 Å². The molecule has 1 amide bonds. The Hall–Kier alpha value is -2.31. The van der Waals surface area contributed by atoms with Crippen LogP contribution in [0.15, 0.2) is 30.3 Å². The van der Waals surface area contributed by atoms with E-state index in [-0.39, 0.29) is 5.91 Å². The summed E-state index contributed by atoms with van der Waals surface area (Å²) in [5, 5.41) is 1.04. The molecule has 1 aliphatic heterocycles. The summed E-state index contributed by atoms with van der Waals surface area (Å²) in [5.41, 5.74) is 3.35. The zero-order valence-corrected chi connectivity index (χ0v) is 17.6. The van der Waals surface area contributed by atoms with Crippen LogP contribution in [0, 0.1) is 20.8 Å². The van der Waals surface area contributed by atoms with Crippen molar-refractivity contribution in [2.45, 2.75) is 27.2 Å². The van der Waals surface area contributed by atoms with Gasteiger partial charge in [-0.2, -0.15) is 0 Å². The van der Waals surface area contributed by atoms with E-state index in [1.807, 2.05) is 25.7 Å². The quantitative estimate of drug-likeness (QED) is 0.678. The number of carbonyl (C=O) groups excluding carboxylic acids is 1. The molecule has 2 aromatic heterocycles. The van der Waals surface area contributed by atoms with Gasteiger partial charge in [0.2, 0.25) is 0 Å². The Bertz CT molecular complexity index is 991. The van der Waals surface area contributed by atoms with Gasteiger partial charge in [-0.15, -0.1) is 11.3 Å². The van der Waals surface area contributed by atoms with Crippen LogP contribution in [0.5, 0.6) is 0 Å². The van der Waals surface area contributed by atoms with Crippen LogP contribution in [0.1, 0.15) is 32.3 Å². The molecule has 6 heteroatoms. The molecule has 0 radical (unpaired) electrons. The van der Waals surface area contributed by atoms with Crippen molar-refractivity contribution in [1.82, 2.24) is 19.8 Å². The molecule has 1 aliphatic rings. The highest BCUT2D eigenvalue weighted by atomic mass is 32.1. The third kappa shape index (κ3) is 3.80. The van der Waals surface area contributed by atoms with Crippen molar-refractivity contribution in [3.63, 3.8) is 0 Å². The number of nitrogens with zero attached hydrogens (tertiary/aromatic N) is 4. The summed E-state index contributed by atoms with van der Waals surface area (Å²) < 4.78 is 0. The molecule has 1 saturated heterocycles. The molecule has 0 spiro atoms. The number of thiophene rings is 1. The lowest BCUT2D eigenvalue weighted by Gasteiger charge is -2.34. The van der Waals surface area contributed by atoms with Crippen molar-refractivity contribution in [3.8, 4) is 0 Å². The maximum Gasteiger partial charge on any atom is 0.264 e. The number of carbonyl (C=O) groups is 1. The van der Waals surface area contributed by atoms with E-state index in [1.165, 1.54) is 16.9 Å². The lowest BCUT2D eigenvalue weighted by Crippen LogP contribution is -2.49. The average molecular weight is 395 g/mol. The van der Waals surface area contributed by atoms with Crippen LogP contribution in [0.4, 0.5) is 0 Å². The van der Waals surface area contributed by atoms with Crippen molar-refractivity contribution in [2.24, 2.45) is 0 Å². The predicted molar refractivity (Wildman–Crippen MR) is 114 cm³/mol. The topological polar surface area (TPSA) is 49.3 Å². The minimum Gasteiger partial charge on any atom is -0.335 e. The van der Waals surface area contributed by atoms with Crippen LogP contribution in [-0.4, -0.2) is 58.4 Å². The Labute approximate surface area is 170 Å². The Kier molecular flexibility index (Phi) is 5.42. The Morgan fingerprint density at radius 2 is 1.75 bits per heavy atom. The van der Waals surface area contributed by atoms with Gasteiger partial charge in [0.15, 0.2) is 0 Å². The highest BCUT2D eigenvalue weighted by molar-refractivity contribution is 7.20. The molecule has 146 valence electrons. The third-order valence-corrected chi connectivity index (χ3v) is 6.67. The molecule has 5 nitrogen and oxygen atoms in total. The van der Waals surface area contributed by atoms with Gasteiger partial charge in [-0.25, -0.2) is 9.97 Å². The van der Waals surface area contributed by atoms with E-state index in [0.717, 1.165) is 71.3 Å². The van der Waals surface area contributed by atoms with E-state index < -0.39 is 0 Å². The van der Waals surface area contributed by atoms with Gasteiger partial charge in [0.05, 0.1) is 4.88 Å². The average Bonchev–Trinajstić information content (AvgIpc) is 3.03. The maximum atomic E-state index is 13.1. The first-order chi connectivity index (χ1) is 13.5. The molecule has 0 unspecified atom stereocenters. The minimum atomic E-state index is 0.139. The summed E-state index contributed by atoms with van der Waals surface area (Å²) in [4.78, 5) is 28.3. The van der Waals surface area contributed by atoms with E-state index in [4.69, 9.17) is 0 Å². The number of aryl methyl sites for hydroxylation is 3. The fourth-order valence-corrected chi connectivity index (χ4v) is 5.17. The fourth-order valence-electron chi connectivity index (χ4n) is 3.93. The van der Waals surface area contributed by atoms with Crippen LogP contribution in [-0.2, 0) is 6.42 Å². The first-order valence-corrected chi connectivity index (χ1v) is 10.6. The monoisotopic (exact) mass is 394 g/mol. The normalized spacial score (nSPS) is 15.3. The molecule has 0 aliphatic carbocycles. The van der Waals surface area contributed by atoms with Crippen molar-refractivity contribution >= 4 is 27.5 Å². The minimum absolute atomic E-state index is 0.139. The summed E-state index contributed by atoms with van der Waals surface area (Å²) >= 11 is 1.51. The van der Waals surface area contributed by atoms with Crippen molar-refractivity contribution < 1.29 is 4.79 Å². The predicted octanol–water partition coefficient (Wildman–Crippen LogP) is 3.62. The van der Waals surface area contributed by atoms with Gasteiger partial charge in [0.1, 0.15) is 10.7 Å². The number of benzene rings is 1. The first kappa shape index (κ1) is 19.0. The second-order valence-corrected chi connectivity index (χ2v) is 8.46. The maximum absolute atomic E-state index is 13.1. The molecule has 0 saturated carbocycles.